The first kappa shape index (κ1) is 43.0. The molecule has 1 fully saturated rings. The lowest BCUT2D eigenvalue weighted by Crippen LogP contribution is -2.53. The first-order chi connectivity index (χ1) is 22.7. The smallest absolute Gasteiger partial charge is 0.220 e. The molecule has 46 heavy (non-hydrogen) atoms. The van der Waals surface area contributed by atoms with Crippen LogP contribution in [0.25, 0.3) is 0 Å². The van der Waals surface area contributed by atoms with Crippen molar-refractivity contribution in [1.29, 1.82) is 0 Å². The molecule has 1 rings (SSSR count). The van der Waals surface area contributed by atoms with Crippen LogP contribution in [-0.4, -0.2) is 23.9 Å². The largest absolute Gasteiger partial charge is 0.351 e. The second kappa shape index (κ2) is 33.8. The molecule has 0 heterocycles. The minimum absolute atomic E-state index is 0.114. The molecule has 0 saturated heterocycles. The van der Waals surface area contributed by atoms with Crippen LogP contribution in [0.2, 0.25) is 0 Å². The molecule has 0 aromatic heterocycles. The van der Waals surface area contributed by atoms with Crippen molar-refractivity contribution in [1.82, 2.24) is 10.6 Å². The topological polar surface area (TPSA) is 58.2 Å². The fourth-order valence-electron chi connectivity index (χ4n) is 7.35. The minimum atomic E-state index is 0.114. The maximum absolute atomic E-state index is 12.7. The molecule has 0 bridgehead atoms. The highest BCUT2D eigenvalue weighted by Crippen LogP contribution is 2.20. The molecule has 0 radical (unpaired) electrons. The van der Waals surface area contributed by atoms with Crippen LogP contribution in [-0.2, 0) is 9.59 Å². The quantitative estimate of drug-likeness (QED) is 0.0683. The SMILES string of the molecule is CCCCCCCCCCCCCCCCCC(=O)N[C@H]1CCCC[C@@H]1NC(=O)CCCCCCCCCCCCCCCCC. The standard InChI is InChI=1S/C42H82N2O2/c1-3-5-7-9-11-13-15-17-19-21-23-25-27-29-31-37-41(45)43-39-35-33-34-36-40(39)44-42(46)38-32-30-28-26-24-22-20-18-16-14-12-10-8-6-4-2/h39-40H,3-38H2,1-2H3,(H,43,45)(H,44,46)/t39-,40-/m0/s1. The Bertz CT molecular complexity index is 610. The molecule has 2 atom stereocenters. The molecule has 0 aromatic rings. The van der Waals surface area contributed by atoms with Crippen LogP contribution in [0.1, 0.15) is 245 Å². The van der Waals surface area contributed by atoms with Gasteiger partial charge in [-0.15, -0.1) is 0 Å². The summed E-state index contributed by atoms with van der Waals surface area (Å²) in [5.74, 6) is 0.367. The van der Waals surface area contributed by atoms with E-state index in [9.17, 15) is 9.59 Å². The Balaban J connectivity index is 1.96. The highest BCUT2D eigenvalue weighted by atomic mass is 16.2. The van der Waals surface area contributed by atoms with E-state index in [1.165, 1.54) is 167 Å². The number of rotatable bonds is 34. The number of carbonyl (C=O) groups excluding carboxylic acids is 2. The van der Waals surface area contributed by atoms with E-state index >= 15 is 0 Å². The molecule has 0 spiro atoms. The normalized spacial score (nSPS) is 16.5. The third-order valence-electron chi connectivity index (χ3n) is 10.5. The van der Waals surface area contributed by atoms with Crippen molar-refractivity contribution < 1.29 is 9.59 Å². The van der Waals surface area contributed by atoms with Gasteiger partial charge in [-0.2, -0.15) is 0 Å². The molecule has 2 amide bonds. The van der Waals surface area contributed by atoms with Crippen LogP contribution in [0.5, 0.6) is 0 Å². The van der Waals surface area contributed by atoms with Gasteiger partial charge in [0.1, 0.15) is 0 Å². The van der Waals surface area contributed by atoms with Gasteiger partial charge in [0.15, 0.2) is 0 Å². The second-order valence-corrected chi connectivity index (χ2v) is 15.0. The maximum atomic E-state index is 12.7. The van der Waals surface area contributed by atoms with E-state index in [0.717, 1.165) is 51.4 Å². The molecule has 4 nitrogen and oxygen atoms in total. The molecule has 4 heteroatoms. The molecular weight excluding hydrogens is 564 g/mol. The van der Waals surface area contributed by atoms with Crippen LogP contribution >= 0.6 is 0 Å². The predicted octanol–water partition coefficient (Wildman–Crippen LogP) is 13.1. The summed E-state index contributed by atoms with van der Waals surface area (Å²) in [5, 5.41) is 6.58. The Kier molecular flexibility index (Phi) is 31.6. The Hall–Kier alpha value is -1.06. The molecule has 272 valence electrons. The van der Waals surface area contributed by atoms with Gasteiger partial charge in [0, 0.05) is 24.9 Å². The van der Waals surface area contributed by atoms with Crippen molar-refractivity contribution in [2.24, 2.45) is 0 Å². The molecular formula is C42H82N2O2. The van der Waals surface area contributed by atoms with Crippen LogP contribution in [0.3, 0.4) is 0 Å². The Labute approximate surface area is 288 Å². The average molecular weight is 647 g/mol. The summed E-state index contributed by atoms with van der Waals surface area (Å²) in [6.45, 7) is 4.57. The van der Waals surface area contributed by atoms with Crippen LogP contribution in [0.15, 0.2) is 0 Å². The minimum Gasteiger partial charge on any atom is -0.351 e. The van der Waals surface area contributed by atoms with Gasteiger partial charge in [0.25, 0.3) is 0 Å². The Morgan fingerprint density at radius 1 is 0.370 bits per heavy atom. The summed E-state index contributed by atoms with van der Waals surface area (Å²) in [6.07, 6.45) is 45.9. The van der Waals surface area contributed by atoms with Gasteiger partial charge in [-0.3, -0.25) is 9.59 Å². The summed E-state index contributed by atoms with van der Waals surface area (Å²) in [7, 11) is 0. The molecule has 1 saturated carbocycles. The summed E-state index contributed by atoms with van der Waals surface area (Å²) in [6, 6.07) is 0.227. The molecule has 0 unspecified atom stereocenters. The van der Waals surface area contributed by atoms with Gasteiger partial charge in [-0.1, -0.05) is 206 Å². The Morgan fingerprint density at radius 2 is 0.587 bits per heavy atom. The summed E-state index contributed by atoms with van der Waals surface area (Å²) in [5.41, 5.74) is 0. The van der Waals surface area contributed by atoms with Gasteiger partial charge in [0.2, 0.25) is 11.8 Å². The van der Waals surface area contributed by atoms with Crippen LogP contribution in [0.4, 0.5) is 0 Å². The second-order valence-electron chi connectivity index (χ2n) is 15.0. The van der Waals surface area contributed by atoms with Crippen molar-refractivity contribution in [3.8, 4) is 0 Å². The summed E-state index contributed by atoms with van der Waals surface area (Å²) >= 11 is 0. The zero-order chi connectivity index (χ0) is 33.2. The molecule has 0 aromatic carbocycles. The maximum Gasteiger partial charge on any atom is 0.220 e. The Morgan fingerprint density at radius 3 is 0.826 bits per heavy atom. The molecule has 2 N–H and O–H groups in total. The van der Waals surface area contributed by atoms with Gasteiger partial charge in [-0.25, -0.2) is 0 Å². The number of amides is 2. The fraction of sp³-hybridized carbons (Fsp3) is 0.952. The van der Waals surface area contributed by atoms with E-state index in [1.807, 2.05) is 0 Å². The van der Waals surface area contributed by atoms with Gasteiger partial charge < -0.3 is 10.6 Å². The van der Waals surface area contributed by atoms with Crippen molar-refractivity contribution in [2.45, 2.75) is 257 Å². The number of unbranched alkanes of at least 4 members (excludes halogenated alkanes) is 28. The highest BCUT2D eigenvalue weighted by molar-refractivity contribution is 5.77. The van der Waals surface area contributed by atoms with E-state index in [-0.39, 0.29) is 23.9 Å². The third-order valence-corrected chi connectivity index (χ3v) is 10.5. The van der Waals surface area contributed by atoms with E-state index < -0.39 is 0 Å². The lowest BCUT2D eigenvalue weighted by atomic mass is 9.90. The van der Waals surface area contributed by atoms with Crippen molar-refractivity contribution >= 4 is 11.8 Å². The third kappa shape index (κ3) is 28.0. The van der Waals surface area contributed by atoms with E-state index in [2.05, 4.69) is 24.5 Å². The number of nitrogens with one attached hydrogen (secondary N) is 2. The summed E-state index contributed by atoms with van der Waals surface area (Å²) in [4.78, 5) is 25.4. The van der Waals surface area contributed by atoms with Crippen molar-refractivity contribution in [3.05, 3.63) is 0 Å². The highest BCUT2D eigenvalue weighted by Gasteiger charge is 2.27. The van der Waals surface area contributed by atoms with Gasteiger partial charge >= 0.3 is 0 Å². The van der Waals surface area contributed by atoms with E-state index in [1.54, 1.807) is 0 Å². The van der Waals surface area contributed by atoms with Crippen LogP contribution < -0.4 is 10.6 Å². The summed E-state index contributed by atoms with van der Waals surface area (Å²) < 4.78 is 0. The monoisotopic (exact) mass is 647 g/mol. The van der Waals surface area contributed by atoms with E-state index in [0.29, 0.717) is 12.8 Å². The number of hydrogen-bond donors (Lipinski definition) is 2. The zero-order valence-electron chi connectivity index (χ0n) is 31.4. The fourth-order valence-corrected chi connectivity index (χ4v) is 7.35. The lowest BCUT2D eigenvalue weighted by molar-refractivity contribution is -0.125. The lowest BCUT2D eigenvalue weighted by Gasteiger charge is -2.33. The van der Waals surface area contributed by atoms with Crippen molar-refractivity contribution in [2.75, 3.05) is 0 Å². The van der Waals surface area contributed by atoms with Gasteiger partial charge in [-0.05, 0) is 25.7 Å². The molecule has 1 aliphatic rings. The predicted molar refractivity (Wildman–Crippen MR) is 201 cm³/mol. The van der Waals surface area contributed by atoms with E-state index in [4.69, 9.17) is 0 Å². The number of carbonyl (C=O) groups is 2. The van der Waals surface area contributed by atoms with Crippen molar-refractivity contribution in [3.63, 3.8) is 0 Å². The zero-order valence-corrected chi connectivity index (χ0v) is 31.4. The molecule has 1 aliphatic carbocycles. The van der Waals surface area contributed by atoms with Gasteiger partial charge in [0.05, 0.1) is 0 Å². The first-order valence-electron chi connectivity index (χ1n) is 21.3. The number of hydrogen-bond acceptors (Lipinski definition) is 2. The molecule has 0 aliphatic heterocycles. The van der Waals surface area contributed by atoms with Crippen LogP contribution in [0, 0.1) is 0 Å². The first-order valence-corrected chi connectivity index (χ1v) is 21.3. The average Bonchev–Trinajstić information content (AvgIpc) is 3.05.